The van der Waals surface area contributed by atoms with Crippen molar-refractivity contribution in [2.24, 2.45) is 0 Å². The normalized spacial score (nSPS) is 22.8. The summed E-state index contributed by atoms with van der Waals surface area (Å²) in [6, 6.07) is 19.6. The molecule has 2 nitrogen and oxygen atoms in total. The van der Waals surface area contributed by atoms with Gasteiger partial charge in [0.05, 0.1) is 0 Å². The summed E-state index contributed by atoms with van der Waals surface area (Å²) >= 11 is 0. The molecule has 0 aliphatic heterocycles. The molecule has 1 aliphatic carbocycles. The molecule has 0 atom stereocenters. The minimum absolute atomic E-state index is 0.135. The lowest BCUT2D eigenvalue weighted by Gasteiger charge is -2.45. The van der Waals surface area contributed by atoms with E-state index in [9.17, 15) is 0 Å². The van der Waals surface area contributed by atoms with E-state index in [1.165, 1.54) is 53.4 Å². The average Bonchev–Trinajstić information content (AvgIpc) is 3.07. The fourth-order valence-electron chi connectivity index (χ4n) is 4.99. The molecule has 1 fully saturated rings. The van der Waals surface area contributed by atoms with Gasteiger partial charge in [-0.15, -0.1) is 12.3 Å². The maximum atomic E-state index is 5.70. The van der Waals surface area contributed by atoms with E-state index in [0.717, 1.165) is 0 Å². The van der Waals surface area contributed by atoms with Crippen LogP contribution in [0.4, 0.5) is 0 Å². The number of aromatic nitrogens is 1. The standard InChI is InChI=1S/C25H28N2/c1-4-10-22-21-13-8-9-14-23(21)26-24(22)19-15-17-25(18-16-19,27(2)3)20-11-6-5-7-12-20/h1,5-9,11-14,19,26H,10,15-18H2,2-3H3. The third-order valence-corrected chi connectivity index (χ3v) is 6.51. The van der Waals surface area contributed by atoms with Gasteiger partial charge in [0.15, 0.2) is 0 Å². The number of H-pyrrole nitrogens is 1. The molecule has 2 heteroatoms. The molecule has 27 heavy (non-hydrogen) atoms. The summed E-state index contributed by atoms with van der Waals surface area (Å²) < 4.78 is 0. The van der Waals surface area contributed by atoms with Crippen molar-refractivity contribution in [1.29, 1.82) is 0 Å². The van der Waals surface area contributed by atoms with E-state index < -0.39 is 0 Å². The lowest BCUT2D eigenvalue weighted by Crippen LogP contribution is -2.44. The number of hydrogen-bond acceptors (Lipinski definition) is 1. The van der Waals surface area contributed by atoms with E-state index in [1.54, 1.807) is 0 Å². The number of aromatic amines is 1. The molecular weight excluding hydrogens is 328 g/mol. The number of benzene rings is 2. The summed E-state index contributed by atoms with van der Waals surface area (Å²) in [6.07, 6.45) is 11.1. The smallest absolute Gasteiger partial charge is 0.0459 e. The van der Waals surface area contributed by atoms with E-state index in [2.05, 4.69) is 84.5 Å². The molecule has 0 spiro atoms. The molecular formula is C25H28N2. The minimum atomic E-state index is 0.135. The first-order chi connectivity index (χ1) is 13.2. The molecule has 1 aliphatic rings. The summed E-state index contributed by atoms with van der Waals surface area (Å²) in [6.45, 7) is 0. The van der Waals surface area contributed by atoms with Gasteiger partial charge in [-0.3, -0.25) is 4.90 Å². The third-order valence-electron chi connectivity index (χ3n) is 6.51. The van der Waals surface area contributed by atoms with Crippen LogP contribution in [0.25, 0.3) is 10.9 Å². The van der Waals surface area contributed by atoms with Gasteiger partial charge >= 0.3 is 0 Å². The fourth-order valence-corrected chi connectivity index (χ4v) is 4.99. The summed E-state index contributed by atoms with van der Waals surface area (Å²) in [7, 11) is 4.44. The molecule has 0 unspecified atom stereocenters. The Morgan fingerprint density at radius 3 is 2.37 bits per heavy atom. The maximum Gasteiger partial charge on any atom is 0.0459 e. The molecule has 1 heterocycles. The maximum absolute atomic E-state index is 5.70. The van der Waals surface area contributed by atoms with Crippen LogP contribution in [0.15, 0.2) is 54.6 Å². The van der Waals surface area contributed by atoms with Crippen LogP contribution in [-0.4, -0.2) is 24.0 Å². The summed E-state index contributed by atoms with van der Waals surface area (Å²) in [5.74, 6) is 3.43. The highest BCUT2D eigenvalue weighted by atomic mass is 15.1. The Bertz CT molecular complexity index is 951. The van der Waals surface area contributed by atoms with Crippen LogP contribution in [-0.2, 0) is 12.0 Å². The van der Waals surface area contributed by atoms with E-state index >= 15 is 0 Å². The van der Waals surface area contributed by atoms with Crippen molar-refractivity contribution in [2.45, 2.75) is 43.6 Å². The molecule has 2 aromatic carbocycles. The van der Waals surface area contributed by atoms with Gasteiger partial charge in [-0.25, -0.2) is 0 Å². The fraction of sp³-hybridized carbons (Fsp3) is 0.360. The Balaban J connectivity index is 1.65. The van der Waals surface area contributed by atoms with Crippen LogP contribution in [0, 0.1) is 12.3 Å². The van der Waals surface area contributed by atoms with Gasteiger partial charge in [-0.05, 0) is 62.9 Å². The molecule has 4 rings (SSSR count). The summed E-state index contributed by atoms with van der Waals surface area (Å²) in [5, 5.41) is 1.29. The lowest BCUT2D eigenvalue weighted by molar-refractivity contribution is 0.0904. The molecule has 1 N–H and O–H groups in total. The molecule has 0 bridgehead atoms. The minimum Gasteiger partial charge on any atom is -0.358 e. The number of hydrogen-bond donors (Lipinski definition) is 1. The van der Waals surface area contributed by atoms with Gasteiger partial charge in [-0.2, -0.15) is 0 Å². The number of fused-ring (bicyclic) bond motifs is 1. The Hall–Kier alpha value is -2.50. The molecule has 1 saturated carbocycles. The first-order valence-corrected chi connectivity index (χ1v) is 9.91. The van der Waals surface area contributed by atoms with Crippen molar-refractivity contribution in [3.8, 4) is 12.3 Å². The number of terminal acetylenes is 1. The van der Waals surface area contributed by atoms with Crippen molar-refractivity contribution in [2.75, 3.05) is 14.1 Å². The van der Waals surface area contributed by atoms with Gasteiger partial charge in [0.25, 0.3) is 0 Å². The van der Waals surface area contributed by atoms with Crippen LogP contribution in [0.3, 0.4) is 0 Å². The molecule has 0 amide bonds. The second kappa shape index (κ2) is 7.25. The van der Waals surface area contributed by atoms with Crippen molar-refractivity contribution in [3.05, 3.63) is 71.4 Å². The van der Waals surface area contributed by atoms with Crippen molar-refractivity contribution in [3.63, 3.8) is 0 Å². The Labute approximate surface area is 162 Å². The Morgan fingerprint density at radius 2 is 1.70 bits per heavy atom. The number of para-hydroxylation sites is 1. The zero-order valence-corrected chi connectivity index (χ0v) is 16.3. The molecule has 0 saturated heterocycles. The lowest BCUT2D eigenvalue weighted by atomic mass is 9.70. The van der Waals surface area contributed by atoms with E-state index in [0.29, 0.717) is 12.3 Å². The second-order valence-corrected chi connectivity index (χ2v) is 8.01. The van der Waals surface area contributed by atoms with Gasteiger partial charge in [0.2, 0.25) is 0 Å². The highest BCUT2D eigenvalue weighted by Gasteiger charge is 2.39. The average molecular weight is 357 g/mol. The number of nitrogens with zero attached hydrogens (tertiary/aromatic N) is 1. The highest BCUT2D eigenvalue weighted by Crippen LogP contribution is 2.47. The second-order valence-electron chi connectivity index (χ2n) is 8.01. The topological polar surface area (TPSA) is 19.0 Å². The van der Waals surface area contributed by atoms with E-state index in [-0.39, 0.29) is 5.54 Å². The Kier molecular flexibility index (Phi) is 4.81. The van der Waals surface area contributed by atoms with Crippen LogP contribution < -0.4 is 0 Å². The van der Waals surface area contributed by atoms with E-state index in [4.69, 9.17) is 6.42 Å². The SMILES string of the molecule is C#CCc1c(C2CCC(c3ccccc3)(N(C)C)CC2)[nH]c2ccccc12. The molecule has 3 aromatic rings. The monoisotopic (exact) mass is 356 g/mol. The highest BCUT2D eigenvalue weighted by molar-refractivity contribution is 5.85. The van der Waals surface area contributed by atoms with Crippen LogP contribution in [0.2, 0.25) is 0 Å². The number of rotatable bonds is 4. The predicted octanol–water partition coefficient (Wildman–Crippen LogP) is 5.46. The quantitative estimate of drug-likeness (QED) is 0.615. The first-order valence-electron chi connectivity index (χ1n) is 9.91. The third kappa shape index (κ3) is 3.07. The van der Waals surface area contributed by atoms with E-state index in [1.807, 2.05) is 0 Å². The zero-order chi connectivity index (χ0) is 18.9. The van der Waals surface area contributed by atoms with Crippen molar-refractivity contribution in [1.82, 2.24) is 9.88 Å². The number of nitrogens with one attached hydrogen (secondary N) is 1. The van der Waals surface area contributed by atoms with Crippen LogP contribution >= 0.6 is 0 Å². The predicted molar refractivity (Wildman–Crippen MR) is 114 cm³/mol. The van der Waals surface area contributed by atoms with Crippen molar-refractivity contribution < 1.29 is 0 Å². The van der Waals surface area contributed by atoms with Gasteiger partial charge in [0, 0.05) is 28.6 Å². The molecule has 138 valence electrons. The zero-order valence-electron chi connectivity index (χ0n) is 16.3. The van der Waals surface area contributed by atoms with Gasteiger partial charge in [-0.1, -0.05) is 48.5 Å². The molecule has 0 radical (unpaired) electrons. The van der Waals surface area contributed by atoms with Crippen molar-refractivity contribution >= 4 is 10.9 Å². The van der Waals surface area contributed by atoms with Gasteiger partial charge < -0.3 is 4.98 Å². The summed E-state index contributed by atoms with van der Waals surface area (Å²) in [4.78, 5) is 6.13. The van der Waals surface area contributed by atoms with Gasteiger partial charge in [0.1, 0.15) is 0 Å². The van der Waals surface area contributed by atoms with Crippen LogP contribution in [0.1, 0.15) is 48.4 Å². The Morgan fingerprint density at radius 1 is 1.04 bits per heavy atom. The molecule has 1 aromatic heterocycles. The largest absolute Gasteiger partial charge is 0.358 e. The summed E-state index contributed by atoms with van der Waals surface area (Å²) in [5.41, 5.74) is 5.49. The first kappa shape index (κ1) is 17.9. The van der Waals surface area contributed by atoms with Crippen LogP contribution in [0.5, 0.6) is 0 Å².